The van der Waals surface area contributed by atoms with Gasteiger partial charge < -0.3 is 15.0 Å². The molecule has 0 bridgehead atoms. The molecule has 2 N–H and O–H groups in total. The summed E-state index contributed by atoms with van der Waals surface area (Å²) in [6, 6.07) is 3.65. The number of aliphatic carboxylic acids is 1. The average Bonchev–Trinajstić information content (AvgIpc) is 3.13. The van der Waals surface area contributed by atoms with Gasteiger partial charge in [0, 0.05) is 34.8 Å². The maximum Gasteiger partial charge on any atom is 0.333 e. The van der Waals surface area contributed by atoms with E-state index < -0.39 is 16.8 Å². The van der Waals surface area contributed by atoms with Gasteiger partial charge in [-0.05, 0) is 24.6 Å². The lowest BCUT2D eigenvalue weighted by atomic mass is 10.1. The number of H-pyrrole nitrogens is 1. The third-order valence-corrected chi connectivity index (χ3v) is 5.19. The minimum absolute atomic E-state index is 0.173. The summed E-state index contributed by atoms with van der Waals surface area (Å²) in [4.78, 5) is 17.2. The Bertz CT molecular complexity index is 673. The van der Waals surface area contributed by atoms with Gasteiger partial charge in [0.2, 0.25) is 0 Å². The van der Waals surface area contributed by atoms with Crippen LogP contribution in [0, 0.1) is 0 Å². The second-order valence-corrected chi connectivity index (χ2v) is 6.48. The van der Waals surface area contributed by atoms with E-state index in [0.717, 1.165) is 10.6 Å². The van der Waals surface area contributed by atoms with E-state index in [2.05, 4.69) is 11.6 Å². The largest absolute Gasteiger partial charge is 0.478 e. The second-order valence-electron chi connectivity index (χ2n) is 4.99. The van der Waals surface area contributed by atoms with E-state index in [1.165, 1.54) is 0 Å². The van der Waals surface area contributed by atoms with E-state index in [4.69, 9.17) is 0 Å². The predicted octanol–water partition coefficient (Wildman–Crippen LogP) is 1.93. The molecule has 21 heavy (non-hydrogen) atoms. The van der Waals surface area contributed by atoms with Gasteiger partial charge in [-0.1, -0.05) is 6.08 Å². The number of rotatable bonds is 5. The van der Waals surface area contributed by atoms with Gasteiger partial charge in [-0.2, -0.15) is 0 Å². The van der Waals surface area contributed by atoms with Crippen molar-refractivity contribution in [3.63, 3.8) is 0 Å². The summed E-state index contributed by atoms with van der Waals surface area (Å²) in [5, 5.41) is 9.29. The highest BCUT2D eigenvalue weighted by atomic mass is 32.2. The molecule has 0 amide bonds. The van der Waals surface area contributed by atoms with Crippen LogP contribution in [0.15, 0.2) is 53.2 Å². The first kappa shape index (κ1) is 13.9. The SMILES string of the molecule is C=CCS(=O)C1=CC2=C(C(=O)O)CCN2C1c1ccc[nH]1. The predicted molar refractivity (Wildman–Crippen MR) is 80.8 cm³/mol. The zero-order valence-corrected chi connectivity index (χ0v) is 12.2. The highest BCUT2D eigenvalue weighted by molar-refractivity contribution is 7.89. The van der Waals surface area contributed by atoms with Crippen LogP contribution in [0.5, 0.6) is 0 Å². The van der Waals surface area contributed by atoms with Crippen LogP contribution < -0.4 is 0 Å². The summed E-state index contributed by atoms with van der Waals surface area (Å²) in [5.41, 5.74) is 2.02. The summed E-state index contributed by atoms with van der Waals surface area (Å²) in [5.74, 6) is -0.531. The van der Waals surface area contributed by atoms with Gasteiger partial charge in [-0.3, -0.25) is 4.21 Å². The fraction of sp³-hybridized carbons (Fsp3) is 0.267. The van der Waals surface area contributed by atoms with Crippen molar-refractivity contribution in [1.82, 2.24) is 9.88 Å². The van der Waals surface area contributed by atoms with Gasteiger partial charge in [-0.25, -0.2) is 4.79 Å². The Morgan fingerprint density at radius 1 is 1.62 bits per heavy atom. The maximum atomic E-state index is 12.4. The third kappa shape index (κ3) is 2.25. The Morgan fingerprint density at radius 2 is 2.43 bits per heavy atom. The van der Waals surface area contributed by atoms with Crippen LogP contribution >= 0.6 is 0 Å². The van der Waals surface area contributed by atoms with Crippen molar-refractivity contribution in [2.75, 3.05) is 12.3 Å². The molecule has 2 aliphatic heterocycles. The molecule has 0 fully saturated rings. The van der Waals surface area contributed by atoms with Crippen molar-refractivity contribution in [3.05, 3.63) is 58.9 Å². The van der Waals surface area contributed by atoms with Crippen LogP contribution in [0.25, 0.3) is 0 Å². The lowest BCUT2D eigenvalue weighted by Crippen LogP contribution is -2.23. The molecule has 0 aliphatic carbocycles. The van der Waals surface area contributed by atoms with E-state index >= 15 is 0 Å². The molecule has 0 saturated carbocycles. The van der Waals surface area contributed by atoms with E-state index in [1.807, 2.05) is 23.2 Å². The van der Waals surface area contributed by atoms with Gasteiger partial charge >= 0.3 is 5.97 Å². The van der Waals surface area contributed by atoms with Crippen LogP contribution in [0.4, 0.5) is 0 Å². The quantitative estimate of drug-likeness (QED) is 0.815. The lowest BCUT2D eigenvalue weighted by molar-refractivity contribution is -0.132. The highest BCUT2D eigenvalue weighted by Gasteiger charge is 2.40. The minimum Gasteiger partial charge on any atom is -0.478 e. The zero-order valence-electron chi connectivity index (χ0n) is 11.4. The number of aromatic amines is 1. The summed E-state index contributed by atoms with van der Waals surface area (Å²) in [6.45, 7) is 4.26. The molecule has 2 aliphatic rings. The highest BCUT2D eigenvalue weighted by Crippen LogP contribution is 2.44. The Balaban J connectivity index is 2.07. The van der Waals surface area contributed by atoms with Crippen molar-refractivity contribution >= 4 is 16.8 Å². The topological polar surface area (TPSA) is 73.4 Å². The molecule has 5 nitrogen and oxygen atoms in total. The van der Waals surface area contributed by atoms with Crippen molar-refractivity contribution in [1.29, 1.82) is 0 Å². The number of nitrogens with one attached hydrogen (secondary N) is 1. The molecular weight excluding hydrogens is 288 g/mol. The van der Waals surface area contributed by atoms with Crippen LogP contribution in [-0.2, 0) is 15.6 Å². The van der Waals surface area contributed by atoms with Gasteiger partial charge in [0.15, 0.2) is 0 Å². The molecule has 6 heteroatoms. The third-order valence-electron chi connectivity index (χ3n) is 3.79. The second kappa shape index (κ2) is 5.37. The average molecular weight is 304 g/mol. The first-order chi connectivity index (χ1) is 10.1. The fourth-order valence-electron chi connectivity index (χ4n) is 2.91. The number of nitrogens with zero attached hydrogens (tertiary/aromatic N) is 1. The standard InChI is InChI=1S/C15H16N2O3S/c1-2-8-21(20)13-9-12-10(15(18)19)5-7-17(12)14(13)11-4-3-6-16-11/h2-4,6,9,14,16H,1,5,7-8H2,(H,18,19). The van der Waals surface area contributed by atoms with E-state index in [-0.39, 0.29) is 6.04 Å². The number of aromatic nitrogens is 1. The molecule has 0 aromatic carbocycles. The van der Waals surface area contributed by atoms with E-state index in [0.29, 0.717) is 30.0 Å². The van der Waals surface area contributed by atoms with Crippen LogP contribution in [0.1, 0.15) is 18.2 Å². The lowest BCUT2D eigenvalue weighted by Gasteiger charge is -2.25. The molecule has 2 atom stereocenters. The smallest absolute Gasteiger partial charge is 0.333 e. The molecule has 3 heterocycles. The number of carboxylic acids is 1. The molecule has 110 valence electrons. The number of fused-ring (bicyclic) bond motifs is 1. The summed E-state index contributed by atoms with van der Waals surface area (Å²) >= 11 is 0. The summed E-state index contributed by atoms with van der Waals surface area (Å²) < 4.78 is 12.4. The first-order valence-corrected chi connectivity index (χ1v) is 8.02. The van der Waals surface area contributed by atoms with Crippen LogP contribution in [-0.4, -0.2) is 37.5 Å². The molecule has 0 radical (unpaired) electrons. The Labute approximate surface area is 125 Å². The monoisotopic (exact) mass is 304 g/mol. The molecule has 1 aromatic rings. The minimum atomic E-state index is -1.19. The molecule has 3 rings (SSSR count). The number of carboxylic acid groups (broad SMARTS) is 1. The molecule has 1 aromatic heterocycles. The van der Waals surface area contributed by atoms with Crippen molar-refractivity contribution in [2.45, 2.75) is 12.5 Å². The Kier molecular flexibility index (Phi) is 3.55. The molecule has 0 spiro atoms. The number of hydrogen-bond donors (Lipinski definition) is 2. The van der Waals surface area contributed by atoms with Crippen molar-refractivity contribution in [2.24, 2.45) is 0 Å². The van der Waals surface area contributed by atoms with Gasteiger partial charge in [0.05, 0.1) is 16.4 Å². The maximum absolute atomic E-state index is 12.4. The zero-order chi connectivity index (χ0) is 15.0. The molecule has 2 unspecified atom stereocenters. The summed E-state index contributed by atoms with van der Waals surface area (Å²) in [7, 11) is -1.19. The van der Waals surface area contributed by atoms with Gasteiger partial charge in [-0.15, -0.1) is 6.58 Å². The normalized spacial score (nSPS) is 22.2. The van der Waals surface area contributed by atoms with E-state index in [1.54, 1.807) is 12.2 Å². The van der Waals surface area contributed by atoms with Crippen molar-refractivity contribution in [3.8, 4) is 0 Å². The number of allylic oxidation sites excluding steroid dienone is 1. The summed E-state index contributed by atoms with van der Waals surface area (Å²) in [6.07, 6.45) is 5.74. The number of carbonyl (C=O) groups is 1. The van der Waals surface area contributed by atoms with E-state index in [9.17, 15) is 14.1 Å². The van der Waals surface area contributed by atoms with Gasteiger partial charge in [0.25, 0.3) is 0 Å². The Hall–Kier alpha value is -2.08. The number of hydrogen-bond acceptors (Lipinski definition) is 3. The molecule has 0 saturated heterocycles. The van der Waals surface area contributed by atoms with Crippen LogP contribution in [0.2, 0.25) is 0 Å². The van der Waals surface area contributed by atoms with Crippen molar-refractivity contribution < 1.29 is 14.1 Å². The van der Waals surface area contributed by atoms with Crippen LogP contribution in [0.3, 0.4) is 0 Å². The fourth-order valence-corrected chi connectivity index (χ4v) is 4.06. The van der Waals surface area contributed by atoms with Gasteiger partial charge in [0.1, 0.15) is 6.04 Å². The Morgan fingerprint density at radius 3 is 3.05 bits per heavy atom. The first-order valence-electron chi connectivity index (χ1n) is 6.70. The molecular formula is C15H16N2O3S.